The Morgan fingerprint density at radius 1 is 1.38 bits per heavy atom. The average Bonchev–Trinajstić information content (AvgIpc) is 2.35. The number of ketones is 2. The molecule has 0 saturated carbocycles. The summed E-state index contributed by atoms with van der Waals surface area (Å²) in [4.78, 5) is 46.8. The lowest BCUT2D eigenvalue weighted by atomic mass is 9.61. The van der Waals surface area contributed by atoms with Crippen LogP contribution in [-0.2, 0) is 9.59 Å². The van der Waals surface area contributed by atoms with Crippen LogP contribution in [0.5, 0.6) is 0 Å². The van der Waals surface area contributed by atoms with E-state index in [9.17, 15) is 29.8 Å². The molecule has 0 aromatic rings. The lowest BCUT2D eigenvalue weighted by Gasteiger charge is -2.47. The molecule has 9 heteroatoms. The Hall–Kier alpha value is -2.16. The van der Waals surface area contributed by atoms with E-state index in [0.29, 0.717) is 0 Å². The smallest absolute Gasteiger partial charge is 0.300 e. The van der Waals surface area contributed by atoms with Crippen molar-refractivity contribution in [3.05, 3.63) is 32.4 Å². The molecule has 0 spiro atoms. The van der Waals surface area contributed by atoms with Crippen LogP contribution < -0.4 is 0 Å². The summed E-state index contributed by atoms with van der Waals surface area (Å²) < 4.78 is 0. The van der Waals surface area contributed by atoms with E-state index < -0.39 is 38.4 Å². The molecule has 1 fully saturated rings. The molecule has 21 heavy (non-hydrogen) atoms. The molecule has 9 nitrogen and oxygen atoms in total. The van der Waals surface area contributed by atoms with Crippen LogP contribution in [0.3, 0.4) is 0 Å². The van der Waals surface area contributed by atoms with Gasteiger partial charge in [-0.05, 0) is 26.1 Å². The second-order valence-electron chi connectivity index (χ2n) is 5.76. The molecule has 0 aromatic heterocycles. The highest BCUT2D eigenvalue weighted by molar-refractivity contribution is 5.99. The number of nitro groups is 2. The van der Waals surface area contributed by atoms with Gasteiger partial charge in [-0.1, -0.05) is 0 Å². The van der Waals surface area contributed by atoms with Crippen LogP contribution in [0, 0.1) is 26.1 Å². The van der Waals surface area contributed by atoms with Crippen molar-refractivity contribution in [3.8, 4) is 0 Å². The highest BCUT2D eigenvalue weighted by atomic mass is 16.6. The maximum absolute atomic E-state index is 12.2. The number of hydrogen-bond acceptors (Lipinski definition) is 7. The zero-order valence-electron chi connectivity index (χ0n) is 11.6. The van der Waals surface area contributed by atoms with Gasteiger partial charge in [0.15, 0.2) is 0 Å². The summed E-state index contributed by atoms with van der Waals surface area (Å²) in [5.41, 5.74) is -3.93. The third-order valence-electron chi connectivity index (χ3n) is 4.32. The summed E-state index contributed by atoms with van der Waals surface area (Å²) in [6.45, 7) is 0.900. The maximum Gasteiger partial charge on any atom is 0.305 e. The normalized spacial score (nSPS) is 35.5. The molecule has 0 unspecified atom stereocenters. The standard InChI is InChI=1S/C12H15N3O6/c1-8(16)5-9-11(14(18)19)4-3-10(17)12(9,15(20)21)7-13(2)6-11/h3-4,9H,5-7H2,1-2H3/t9-,11-,12-/m1/s1. The van der Waals surface area contributed by atoms with Gasteiger partial charge in [0.05, 0.1) is 13.1 Å². The summed E-state index contributed by atoms with van der Waals surface area (Å²) in [6.07, 6.45) is 1.67. The molecule has 1 aliphatic carbocycles. The Morgan fingerprint density at radius 2 is 2.00 bits per heavy atom. The fraction of sp³-hybridized carbons (Fsp3) is 0.667. The summed E-state index contributed by atoms with van der Waals surface area (Å²) in [6, 6.07) is 0. The monoisotopic (exact) mass is 297 g/mol. The van der Waals surface area contributed by atoms with Gasteiger partial charge in [-0.25, -0.2) is 0 Å². The average molecular weight is 297 g/mol. The second kappa shape index (κ2) is 4.69. The number of hydrogen-bond donors (Lipinski definition) is 0. The minimum Gasteiger partial charge on any atom is -0.300 e. The van der Waals surface area contributed by atoms with Gasteiger partial charge in [-0.15, -0.1) is 0 Å². The van der Waals surface area contributed by atoms with Gasteiger partial charge in [0, 0.05) is 16.3 Å². The van der Waals surface area contributed by atoms with Crippen LogP contribution in [-0.4, -0.2) is 57.5 Å². The molecule has 0 N–H and O–H groups in total. The van der Waals surface area contributed by atoms with Crippen LogP contribution in [0.1, 0.15) is 13.3 Å². The third kappa shape index (κ3) is 1.96. The van der Waals surface area contributed by atoms with E-state index in [4.69, 9.17) is 0 Å². The molecular weight excluding hydrogens is 282 g/mol. The predicted octanol–water partition coefficient (Wildman–Crippen LogP) is -0.303. The Kier molecular flexibility index (Phi) is 3.40. The molecular formula is C12H15N3O6. The SMILES string of the molecule is CC(=O)C[C@H]1[C@]2([N+](=O)[O-])CN(C)C[C@]1([N+](=O)[O-])C=CC2=O. The van der Waals surface area contributed by atoms with Crippen molar-refractivity contribution in [2.75, 3.05) is 20.1 Å². The molecule has 114 valence electrons. The molecule has 2 bridgehead atoms. The first-order valence-electron chi connectivity index (χ1n) is 6.37. The van der Waals surface area contributed by atoms with E-state index in [1.54, 1.807) is 0 Å². The molecule has 2 rings (SSSR count). The van der Waals surface area contributed by atoms with Gasteiger partial charge in [0.25, 0.3) is 5.54 Å². The second-order valence-corrected chi connectivity index (χ2v) is 5.76. The highest BCUT2D eigenvalue weighted by Gasteiger charge is 2.73. The minimum atomic E-state index is -2.14. The van der Waals surface area contributed by atoms with E-state index in [-0.39, 0.29) is 19.5 Å². The van der Waals surface area contributed by atoms with Gasteiger partial charge in [-0.3, -0.25) is 29.9 Å². The number of Topliss-reactive ketones (excluding diaryl/α,β-unsaturated/α-hetero) is 1. The fourth-order valence-corrected chi connectivity index (χ4v) is 3.47. The van der Waals surface area contributed by atoms with Gasteiger partial charge < -0.3 is 4.79 Å². The van der Waals surface area contributed by atoms with E-state index in [2.05, 4.69) is 0 Å². The highest BCUT2D eigenvalue weighted by Crippen LogP contribution is 2.45. The van der Waals surface area contributed by atoms with Crippen molar-refractivity contribution >= 4 is 11.6 Å². The van der Waals surface area contributed by atoms with Gasteiger partial charge in [0.1, 0.15) is 11.7 Å². The Balaban J connectivity index is 2.71. The van der Waals surface area contributed by atoms with E-state index in [0.717, 1.165) is 12.2 Å². The van der Waals surface area contributed by atoms with Gasteiger partial charge in [-0.2, -0.15) is 0 Å². The van der Waals surface area contributed by atoms with Crippen molar-refractivity contribution in [2.24, 2.45) is 5.92 Å². The minimum absolute atomic E-state index is 0.0721. The summed E-state index contributed by atoms with van der Waals surface area (Å²) in [5, 5.41) is 23.2. The Labute approximate surface area is 119 Å². The van der Waals surface area contributed by atoms with Gasteiger partial charge >= 0.3 is 5.54 Å². The summed E-state index contributed by atoms with van der Waals surface area (Å²) in [5.74, 6) is -2.48. The number of nitrogens with zero attached hydrogens (tertiary/aromatic N) is 3. The van der Waals surface area contributed by atoms with Crippen molar-refractivity contribution < 1.29 is 19.4 Å². The van der Waals surface area contributed by atoms with Crippen molar-refractivity contribution in [1.82, 2.24) is 4.90 Å². The summed E-state index contributed by atoms with van der Waals surface area (Å²) >= 11 is 0. The molecule has 0 radical (unpaired) electrons. The van der Waals surface area contributed by atoms with E-state index >= 15 is 0 Å². The Bertz CT molecular complexity index is 573. The van der Waals surface area contributed by atoms with Crippen LogP contribution in [0.25, 0.3) is 0 Å². The predicted molar refractivity (Wildman–Crippen MR) is 69.9 cm³/mol. The topological polar surface area (TPSA) is 124 Å². The first-order valence-corrected chi connectivity index (χ1v) is 6.37. The van der Waals surface area contributed by atoms with E-state index in [1.807, 2.05) is 0 Å². The van der Waals surface area contributed by atoms with E-state index in [1.165, 1.54) is 18.9 Å². The molecule has 1 heterocycles. The molecule has 2 aliphatic rings. The number of likely N-dealkylation sites (N-methyl/N-ethyl adjacent to an activating group) is 1. The number of carbonyl (C=O) groups is 2. The Morgan fingerprint density at radius 3 is 2.48 bits per heavy atom. The van der Waals surface area contributed by atoms with Crippen LogP contribution in [0.15, 0.2) is 12.2 Å². The zero-order chi connectivity index (χ0) is 16.0. The first kappa shape index (κ1) is 15.2. The lowest BCUT2D eigenvalue weighted by Crippen LogP contribution is -2.74. The summed E-state index contributed by atoms with van der Waals surface area (Å²) in [7, 11) is 1.49. The zero-order valence-corrected chi connectivity index (χ0v) is 11.6. The number of fused-ring (bicyclic) bond motifs is 2. The largest absolute Gasteiger partial charge is 0.305 e. The maximum atomic E-state index is 12.2. The van der Waals surface area contributed by atoms with Crippen LogP contribution in [0.2, 0.25) is 0 Å². The molecule has 1 aliphatic heterocycles. The van der Waals surface area contributed by atoms with Crippen molar-refractivity contribution in [3.63, 3.8) is 0 Å². The number of likely N-dealkylation sites (tertiary alicyclic amines) is 1. The number of carbonyl (C=O) groups excluding carboxylic acids is 2. The van der Waals surface area contributed by atoms with Crippen molar-refractivity contribution in [1.29, 1.82) is 0 Å². The van der Waals surface area contributed by atoms with Crippen molar-refractivity contribution in [2.45, 2.75) is 24.4 Å². The molecule has 0 aromatic carbocycles. The molecule has 3 atom stereocenters. The quantitative estimate of drug-likeness (QED) is 0.515. The lowest BCUT2D eigenvalue weighted by molar-refractivity contribution is -0.623. The molecule has 0 amide bonds. The van der Waals surface area contributed by atoms with Crippen LogP contribution in [0.4, 0.5) is 0 Å². The third-order valence-corrected chi connectivity index (χ3v) is 4.32. The fourth-order valence-electron chi connectivity index (χ4n) is 3.47. The van der Waals surface area contributed by atoms with Crippen LogP contribution >= 0.6 is 0 Å². The number of piperidine rings is 1. The van der Waals surface area contributed by atoms with Gasteiger partial charge in [0.2, 0.25) is 5.78 Å². The molecule has 1 saturated heterocycles. The number of rotatable bonds is 4. The first-order chi connectivity index (χ1) is 9.66.